The monoisotopic (exact) mass is 370 g/mol. The number of aryl methyl sites for hydroxylation is 2. The quantitative estimate of drug-likeness (QED) is 0.425. The van der Waals surface area contributed by atoms with Crippen LogP contribution in [0.1, 0.15) is 6.42 Å². The van der Waals surface area contributed by atoms with Gasteiger partial charge in [-0.15, -0.1) is 0 Å². The highest BCUT2D eigenvalue weighted by molar-refractivity contribution is 7.99. The molecule has 4 rings (SSSR count). The van der Waals surface area contributed by atoms with Gasteiger partial charge in [-0.05, 0) is 18.6 Å². The fraction of sp³-hybridized carbons (Fsp3) is 0.294. The lowest BCUT2D eigenvalue weighted by Gasteiger charge is -2.08. The van der Waals surface area contributed by atoms with Gasteiger partial charge in [0.1, 0.15) is 0 Å². The van der Waals surface area contributed by atoms with Crippen molar-refractivity contribution in [1.29, 1.82) is 0 Å². The van der Waals surface area contributed by atoms with Crippen molar-refractivity contribution in [2.45, 2.75) is 18.1 Å². The molecule has 0 radical (unpaired) electrons. The van der Waals surface area contributed by atoms with Gasteiger partial charge < -0.3 is 9.55 Å². The van der Waals surface area contributed by atoms with E-state index in [0.717, 1.165) is 21.9 Å². The van der Waals surface area contributed by atoms with E-state index in [2.05, 4.69) is 15.0 Å². The number of fused-ring (bicyclic) bond motifs is 2. The van der Waals surface area contributed by atoms with E-state index >= 15 is 0 Å². The number of imidazole rings is 2. The van der Waals surface area contributed by atoms with Crippen molar-refractivity contribution < 1.29 is 0 Å². The van der Waals surface area contributed by atoms with Crippen LogP contribution in [0.25, 0.3) is 22.2 Å². The van der Waals surface area contributed by atoms with Crippen LogP contribution in [0, 0.1) is 0 Å². The minimum Gasteiger partial charge on any atom is -0.333 e. The fourth-order valence-electron chi connectivity index (χ4n) is 2.98. The van der Waals surface area contributed by atoms with Gasteiger partial charge in [-0.3, -0.25) is 13.9 Å². The second-order valence-corrected chi connectivity index (χ2v) is 7.17. The summed E-state index contributed by atoms with van der Waals surface area (Å²) >= 11 is 1.58. The first kappa shape index (κ1) is 16.6. The summed E-state index contributed by atoms with van der Waals surface area (Å²) < 4.78 is 4.35. The predicted molar refractivity (Wildman–Crippen MR) is 102 cm³/mol. The van der Waals surface area contributed by atoms with E-state index in [1.807, 2.05) is 24.3 Å². The topological polar surface area (TPSA) is 90.5 Å². The van der Waals surface area contributed by atoms with Gasteiger partial charge in [0.05, 0.1) is 17.4 Å². The van der Waals surface area contributed by atoms with Gasteiger partial charge in [-0.2, -0.15) is 0 Å². The molecule has 0 aliphatic rings. The van der Waals surface area contributed by atoms with Crippen LogP contribution in [0.2, 0.25) is 0 Å². The molecule has 3 heterocycles. The third-order valence-corrected chi connectivity index (χ3v) is 5.29. The zero-order valence-electron chi connectivity index (χ0n) is 14.5. The molecule has 0 saturated carbocycles. The molecule has 134 valence electrons. The molecule has 0 fully saturated rings. The first-order valence-corrected chi connectivity index (χ1v) is 9.23. The van der Waals surface area contributed by atoms with Crippen LogP contribution in [-0.4, -0.2) is 34.4 Å². The van der Waals surface area contributed by atoms with E-state index in [0.29, 0.717) is 24.1 Å². The Morgan fingerprint density at radius 3 is 2.81 bits per heavy atom. The molecule has 0 saturated heterocycles. The number of para-hydroxylation sites is 2. The molecule has 0 spiro atoms. The zero-order chi connectivity index (χ0) is 18.3. The third-order valence-electron chi connectivity index (χ3n) is 4.33. The standard InChI is InChI=1S/C17H18N6O2S/c1-21-10-18-14-13(21)15(24)23(17(25)22(14)2)8-5-9-26-16-19-11-6-3-4-7-12(11)20-16/h3-4,6-7,10H,5,8-9H2,1-2H3,(H,19,20). The molecular formula is C17H18N6O2S. The molecule has 8 nitrogen and oxygen atoms in total. The summed E-state index contributed by atoms with van der Waals surface area (Å²) in [7, 11) is 3.39. The lowest BCUT2D eigenvalue weighted by Crippen LogP contribution is -2.39. The molecule has 3 aromatic heterocycles. The molecule has 9 heteroatoms. The van der Waals surface area contributed by atoms with Crippen molar-refractivity contribution in [3.05, 3.63) is 51.4 Å². The van der Waals surface area contributed by atoms with Gasteiger partial charge in [0.2, 0.25) is 0 Å². The number of rotatable bonds is 5. The Labute approximate surface area is 152 Å². The van der Waals surface area contributed by atoms with Gasteiger partial charge in [0.15, 0.2) is 16.3 Å². The molecule has 0 aliphatic carbocycles. The lowest BCUT2D eigenvalue weighted by molar-refractivity contribution is 0.594. The maximum absolute atomic E-state index is 12.6. The molecule has 0 bridgehead atoms. The van der Waals surface area contributed by atoms with Crippen LogP contribution < -0.4 is 11.2 Å². The van der Waals surface area contributed by atoms with Crippen LogP contribution in [-0.2, 0) is 20.6 Å². The molecule has 0 amide bonds. The van der Waals surface area contributed by atoms with E-state index in [1.54, 1.807) is 36.8 Å². The second kappa shape index (κ2) is 6.49. The van der Waals surface area contributed by atoms with E-state index in [9.17, 15) is 9.59 Å². The van der Waals surface area contributed by atoms with E-state index in [1.165, 1.54) is 9.13 Å². The number of aromatic nitrogens is 6. The smallest absolute Gasteiger partial charge is 0.332 e. The van der Waals surface area contributed by atoms with Crippen molar-refractivity contribution >= 4 is 34.0 Å². The van der Waals surface area contributed by atoms with Crippen LogP contribution in [0.3, 0.4) is 0 Å². The summed E-state index contributed by atoms with van der Waals surface area (Å²) in [5.41, 5.74) is 2.16. The van der Waals surface area contributed by atoms with Crippen molar-refractivity contribution in [3.63, 3.8) is 0 Å². The number of nitrogens with one attached hydrogen (secondary N) is 1. The summed E-state index contributed by atoms with van der Waals surface area (Å²) in [6.07, 6.45) is 2.23. The molecule has 0 unspecified atom stereocenters. The van der Waals surface area contributed by atoms with Gasteiger partial charge >= 0.3 is 5.69 Å². The van der Waals surface area contributed by atoms with Crippen molar-refractivity contribution in [2.75, 3.05) is 5.75 Å². The van der Waals surface area contributed by atoms with Crippen LogP contribution in [0.4, 0.5) is 0 Å². The Bertz CT molecular complexity index is 1180. The Morgan fingerprint density at radius 2 is 2.00 bits per heavy atom. The fourth-order valence-corrected chi connectivity index (χ4v) is 3.79. The van der Waals surface area contributed by atoms with Crippen LogP contribution in [0.15, 0.2) is 45.3 Å². The number of thioether (sulfide) groups is 1. The third kappa shape index (κ3) is 2.74. The number of benzene rings is 1. The first-order valence-electron chi connectivity index (χ1n) is 8.24. The molecule has 0 aliphatic heterocycles. The summed E-state index contributed by atoms with van der Waals surface area (Å²) in [6.45, 7) is 0.361. The Morgan fingerprint density at radius 1 is 1.19 bits per heavy atom. The predicted octanol–water partition coefficient (Wildman–Crippen LogP) is 1.49. The van der Waals surface area contributed by atoms with E-state index in [4.69, 9.17) is 0 Å². The van der Waals surface area contributed by atoms with Crippen molar-refractivity contribution in [3.8, 4) is 0 Å². The van der Waals surface area contributed by atoms with Gasteiger partial charge in [0, 0.05) is 26.4 Å². The maximum atomic E-state index is 12.6. The Hall–Kier alpha value is -2.81. The second-order valence-electron chi connectivity index (χ2n) is 6.09. The minimum atomic E-state index is -0.338. The average molecular weight is 370 g/mol. The number of H-pyrrole nitrogens is 1. The van der Waals surface area contributed by atoms with E-state index < -0.39 is 0 Å². The van der Waals surface area contributed by atoms with E-state index in [-0.39, 0.29) is 11.2 Å². The van der Waals surface area contributed by atoms with Gasteiger partial charge in [-0.25, -0.2) is 14.8 Å². The summed E-state index contributed by atoms with van der Waals surface area (Å²) in [5, 5.41) is 0.841. The highest BCUT2D eigenvalue weighted by Crippen LogP contribution is 2.19. The van der Waals surface area contributed by atoms with Crippen molar-refractivity contribution in [1.82, 2.24) is 28.7 Å². The largest absolute Gasteiger partial charge is 0.333 e. The Balaban J connectivity index is 1.50. The van der Waals surface area contributed by atoms with Gasteiger partial charge in [-0.1, -0.05) is 23.9 Å². The SMILES string of the molecule is Cn1cnc2c1c(=O)n(CCCSc1nc3ccccc3[nH]1)c(=O)n2C. The highest BCUT2D eigenvalue weighted by atomic mass is 32.2. The molecule has 1 N–H and O–H groups in total. The Kier molecular flexibility index (Phi) is 4.15. The summed E-state index contributed by atoms with van der Waals surface area (Å²) in [5.74, 6) is 0.749. The van der Waals surface area contributed by atoms with Crippen molar-refractivity contribution in [2.24, 2.45) is 14.1 Å². The van der Waals surface area contributed by atoms with Crippen LogP contribution in [0.5, 0.6) is 0 Å². The molecule has 26 heavy (non-hydrogen) atoms. The van der Waals surface area contributed by atoms with Gasteiger partial charge in [0.25, 0.3) is 5.56 Å². The number of nitrogens with zero attached hydrogens (tertiary/aromatic N) is 5. The molecule has 0 atom stereocenters. The summed E-state index contributed by atoms with van der Waals surface area (Å²) in [6, 6.07) is 7.86. The molecule has 4 aromatic rings. The number of hydrogen-bond acceptors (Lipinski definition) is 5. The lowest BCUT2D eigenvalue weighted by atomic mass is 10.3. The average Bonchev–Trinajstić information content (AvgIpc) is 3.22. The minimum absolute atomic E-state index is 0.295. The maximum Gasteiger partial charge on any atom is 0.332 e. The summed E-state index contributed by atoms with van der Waals surface area (Å²) in [4.78, 5) is 37.0. The molecular weight excluding hydrogens is 352 g/mol. The first-order chi connectivity index (χ1) is 12.6. The highest BCUT2D eigenvalue weighted by Gasteiger charge is 2.14. The normalized spacial score (nSPS) is 11.6. The molecule has 1 aromatic carbocycles. The number of hydrogen-bond donors (Lipinski definition) is 1. The number of aromatic amines is 1. The zero-order valence-corrected chi connectivity index (χ0v) is 15.3. The van der Waals surface area contributed by atoms with Crippen LogP contribution >= 0.6 is 11.8 Å².